The van der Waals surface area contributed by atoms with Gasteiger partial charge in [0, 0.05) is 18.4 Å². The zero-order valence-corrected chi connectivity index (χ0v) is 11.1. The van der Waals surface area contributed by atoms with E-state index in [0.717, 1.165) is 30.1 Å². The average molecular weight is 266 g/mol. The van der Waals surface area contributed by atoms with Gasteiger partial charge in [0.15, 0.2) is 5.82 Å². The summed E-state index contributed by atoms with van der Waals surface area (Å²) in [5.74, 6) is 1.64. The van der Waals surface area contributed by atoms with E-state index in [-0.39, 0.29) is 11.4 Å². The Kier molecular flexibility index (Phi) is 3.07. The second-order valence-electron chi connectivity index (χ2n) is 4.77. The molecule has 2 atom stereocenters. The van der Waals surface area contributed by atoms with Gasteiger partial charge in [-0.3, -0.25) is 4.40 Å². The minimum Gasteiger partial charge on any atom is -0.363 e. The van der Waals surface area contributed by atoms with Crippen LogP contribution in [0.2, 0.25) is 0 Å². The Morgan fingerprint density at radius 3 is 3.00 bits per heavy atom. The number of aryl methyl sites for hydroxylation is 1. The molecule has 1 aliphatic carbocycles. The summed E-state index contributed by atoms with van der Waals surface area (Å²) < 4.78 is 1.93. The van der Waals surface area contributed by atoms with Gasteiger partial charge in [-0.15, -0.1) is 21.8 Å². The zero-order chi connectivity index (χ0) is 12.5. The lowest BCUT2D eigenvalue weighted by Gasteiger charge is -2.28. The van der Waals surface area contributed by atoms with Gasteiger partial charge < -0.3 is 5.32 Å². The molecule has 2 heterocycles. The molecule has 3 rings (SSSR count). The molecule has 6 heteroatoms. The molecule has 0 aliphatic heterocycles. The van der Waals surface area contributed by atoms with E-state index in [0.29, 0.717) is 0 Å². The van der Waals surface area contributed by atoms with Crippen molar-refractivity contribution in [3.8, 4) is 0 Å². The summed E-state index contributed by atoms with van der Waals surface area (Å²) in [6, 6.07) is 0.274. The molecule has 1 N–H and O–H groups in total. The van der Waals surface area contributed by atoms with Crippen LogP contribution in [0.15, 0.2) is 12.4 Å². The Labute approximate surface area is 111 Å². The number of fused-ring (bicyclic) bond motifs is 1. The average Bonchev–Trinajstić information content (AvgIpc) is 2.76. The van der Waals surface area contributed by atoms with E-state index in [1.54, 1.807) is 6.20 Å². The van der Waals surface area contributed by atoms with E-state index >= 15 is 0 Å². The molecule has 0 amide bonds. The van der Waals surface area contributed by atoms with E-state index in [2.05, 4.69) is 20.5 Å². The largest absolute Gasteiger partial charge is 0.363 e. The second kappa shape index (κ2) is 4.72. The van der Waals surface area contributed by atoms with E-state index in [1.165, 1.54) is 12.8 Å². The highest BCUT2D eigenvalue weighted by atomic mass is 35.5. The lowest BCUT2D eigenvalue weighted by molar-refractivity contribution is 0.469. The number of rotatable bonds is 2. The standard InChI is InChI=1S/C12H16ClN5/c1-8-16-17-12-11(14-6-7-18(8)12)15-10-5-3-2-4-9(10)13/h6-7,9-10H,2-5H2,1H3,(H,14,15). The third-order valence-corrected chi connectivity index (χ3v) is 4.02. The third kappa shape index (κ3) is 2.03. The normalized spacial score (nSPS) is 24.3. The van der Waals surface area contributed by atoms with Crippen molar-refractivity contribution in [3.05, 3.63) is 18.2 Å². The van der Waals surface area contributed by atoms with Crippen LogP contribution in [0.5, 0.6) is 0 Å². The molecule has 1 fully saturated rings. The highest BCUT2D eigenvalue weighted by molar-refractivity contribution is 6.21. The summed E-state index contributed by atoms with van der Waals surface area (Å²) in [5.41, 5.74) is 0.768. The van der Waals surface area contributed by atoms with E-state index in [9.17, 15) is 0 Å². The van der Waals surface area contributed by atoms with Crippen LogP contribution in [0.4, 0.5) is 5.82 Å². The van der Waals surface area contributed by atoms with Crippen LogP contribution in [0, 0.1) is 6.92 Å². The molecule has 96 valence electrons. The van der Waals surface area contributed by atoms with Crippen LogP contribution in [0.25, 0.3) is 5.65 Å². The summed E-state index contributed by atoms with van der Waals surface area (Å²) in [6.07, 6.45) is 8.22. The fourth-order valence-electron chi connectivity index (χ4n) is 2.47. The maximum atomic E-state index is 6.36. The Bertz CT molecular complexity index is 552. The summed E-state index contributed by atoms with van der Waals surface area (Å²) in [5, 5.41) is 11.8. The predicted octanol–water partition coefficient (Wildman–Crippen LogP) is 2.39. The van der Waals surface area contributed by atoms with Crippen LogP contribution in [0.3, 0.4) is 0 Å². The van der Waals surface area contributed by atoms with Crippen molar-refractivity contribution >= 4 is 23.1 Å². The van der Waals surface area contributed by atoms with Crippen LogP contribution in [-0.4, -0.2) is 31.0 Å². The molecule has 1 aliphatic rings. The molecular formula is C12H16ClN5. The fraction of sp³-hybridized carbons (Fsp3) is 0.583. The van der Waals surface area contributed by atoms with Gasteiger partial charge in [0.25, 0.3) is 0 Å². The van der Waals surface area contributed by atoms with Crippen molar-refractivity contribution in [1.82, 2.24) is 19.6 Å². The van der Waals surface area contributed by atoms with Crippen molar-refractivity contribution < 1.29 is 0 Å². The van der Waals surface area contributed by atoms with Gasteiger partial charge >= 0.3 is 0 Å². The first-order valence-electron chi connectivity index (χ1n) is 6.32. The molecule has 2 aromatic heterocycles. The summed E-state index contributed by atoms with van der Waals surface area (Å²) in [4.78, 5) is 4.36. The highest BCUT2D eigenvalue weighted by Gasteiger charge is 2.24. The smallest absolute Gasteiger partial charge is 0.203 e. The fourth-order valence-corrected chi connectivity index (χ4v) is 2.81. The summed E-state index contributed by atoms with van der Waals surface area (Å²) >= 11 is 6.36. The number of nitrogens with zero attached hydrogens (tertiary/aromatic N) is 4. The summed E-state index contributed by atoms with van der Waals surface area (Å²) in [7, 11) is 0. The number of hydrogen-bond acceptors (Lipinski definition) is 4. The monoisotopic (exact) mass is 265 g/mol. The quantitative estimate of drug-likeness (QED) is 0.847. The number of anilines is 1. The first-order valence-corrected chi connectivity index (χ1v) is 6.76. The van der Waals surface area contributed by atoms with Crippen molar-refractivity contribution in [2.75, 3.05) is 5.32 Å². The number of halogens is 1. The molecule has 5 nitrogen and oxygen atoms in total. The van der Waals surface area contributed by atoms with Gasteiger partial charge in [0.1, 0.15) is 5.82 Å². The second-order valence-corrected chi connectivity index (χ2v) is 5.33. The lowest BCUT2D eigenvalue weighted by Crippen LogP contribution is -2.33. The molecule has 0 radical (unpaired) electrons. The molecule has 0 spiro atoms. The Hall–Kier alpha value is -1.36. The number of alkyl halides is 1. The van der Waals surface area contributed by atoms with E-state index in [1.807, 2.05) is 17.5 Å². The van der Waals surface area contributed by atoms with Crippen molar-refractivity contribution in [2.45, 2.75) is 44.0 Å². The number of hydrogen-bond donors (Lipinski definition) is 1. The van der Waals surface area contributed by atoms with Gasteiger partial charge in [-0.1, -0.05) is 12.8 Å². The Morgan fingerprint density at radius 1 is 1.33 bits per heavy atom. The molecule has 0 saturated heterocycles. The number of aromatic nitrogens is 4. The van der Waals surface area contributed by atoms with Crippen LogP contribution < -0.4 is 5.32 Å². The van der Waals surface area contributed by atoms with Crippen molar-refractivity contribution in [1.29, 1.82) is 0 Å². The van der Waals surface area contributed by atoms with E-state index in [4.69, 9.17) is 11.6 Å². The van der Waals surface area contributed by atoms with E-state index < -0.39 is 0 Å². The molecule has 1 saturated carbocycles. The van der Waals surface area contributed by atoms with Crippen LogP contribution in [-0.2, 0) is 0 Å². The first-order chi connectivity index (χ1) is 8.75. The topological polar surface area (TPSA) is 55.1 Å². The molecule has 0 bridgehead atoms. The van der Waals surface area contributed by atoms with Gasteiger partial charge in [-0.25, -0.2) is 4.98 Å². The molecular weight excluding hydrogens is 250 g/mol. The van der Waals surface area contributed by atoms with Gasteiger partial charge in [0.05, 0.1) is 5.38 Å². The molecule has 2 aromatic rings. The molecule has 2 unspecified atom stereocenters. The predicted molar refractivity (Wildman–Crippen MR) is 71.0 cm³/mol. The van der Waals surface area contributed by atoms with Crippen molar-refractivity contribution in [3.63, 3.8) is 0 Å². The van der Waals surface area contributed by atoms with Gasteiger partial charge in [0.2, 0.25) is 5.65 Å². The molecule has 0 aromatic carbocycles. The highest BCUT2D eigenvalue weighted by Crippen LogP contribution is 2.26. The Balaban J connectivity index is 1.90. The van der Waals surface area contributed by atoms with Crippen LogP contribution >= 0.6 is 11.6 Å². The lowest BCUT2D eigenvalue weighted by atomic mass is 9.95. The minimum atomic E-state index is 0.171. The Morgan fingerprint density at radius 2 is 2.17 bits per heavy atom. The summed E-state index contributed by atoms with van der Waals surface area (Å²) in [6.45, 7) is 1.93. The van der Waals surface area contributed by atoms with Gasteiger partial charge in [-0.05, 0) is 19.8 Å². The van der Waals surface area contributed by atoms with Crippen molar-refractivity contribution in [2.24, 2.45) is 0 Å². The van der Waals surface area contributed by atoms with Crippen LogP contribution in [0.1, 0.15) is 31.5 Å². The number of nitrogens with one attached hydrogen (secondary N) is 1. The maximum Gasteiger partial charge on any atom is 0.203 e. The van der Waals surface area contributed by atoms with Gasteiger partial charge in [-0.2, -0.15) is 0 Å². The minimum absolute atomic E-state index is 0.171. The molecule has 18 heavy (non-hydrogen) atoms. The third-order valence-electron chi connectivity index (χ3n) is 3.50. The maximum absolute atomic E-state index is 6.36. The SMILES string of the molecule is Cc1nnc2c(NC3CCCCC3Cl)nccn12. The zero-order valence-electron chi connectivity index (χ0n) is 10.3. The first kappa shape index (κ1) is 11.7.